The molecule has 2 N–H and O–H groups in total. The smallest absolute Gasteiger partial charge is 0.191 e. The number of nitrogens with zero attached hydrogens (tertiary/aromatic N) is 4. The lowest BCUT2D eigenvalue weighted by Crippen LogP contribution is -2.41. The SMILES string of the molecule is CCNC(=NCc1nnc2ccccn12)NCC(C)Oc1ccc(OC)cc1. The van der Waals surface area contributed by atoms with Gasteiger partial charge < -0.3 is 20.1 Å². The van der Waals surface area contributed by atoms with Crippen LogP contribution >= 0.6 is 0 Å². The molecule has 0 spiro atoms. The Balaban J connectivity index is 1.56. The summed E-state index contributed by atoms with van der Waals surface area (Å²) in [4.78, 5) is 4.61. The average Bonchev–Trinajstić information content (AvgIpc) is 3.14. The Kier molecular flexibility index (Phi) is 6.67. The van der Waals surface area contributed by atoms with E-state index in [1.807, 2.05) is 66.9 Å². The highest BCUT2D eigenvalue weighted by molar-refractivity contribution is 5.79. The van der Waals surface area contributed by atoms with Gasteiger partial charge in [0.05, 0.1) is 13.7 Å². The number of hydrogen-bond donors (Lipinski definition) is 2. The van der Waals surface area contributed by atoms with Crippen molar-refractivity contribution in [2.75, 3.05) is 20.2 Å². The number of benzene rings is 1. The zero-order valence-corrected chi connectivity index (χ0v) is 16.4. The summed E-state index contributed by atoms with van der Waals surface area (Å²) in [5.41, 5.74) is 0.812. The molecule has 0 saturated heterocycles. The van der Waals surface area contributed by atoms with Crippen LogP contribution in [0.3, 0.4) is 0 Å². The van der Waals surface area contributed by atoms with Crippen LogP contribution in [0.1, 0.15) is 19.7 Å². The summed E-state index contributed by atoms with van der Waals surface area (Å²) in [6.07, 6.45) is 1.90. The summed E-state index contributed by atoms with van der Waals surface area (Å²) >= 11 is 0. The van der Waals surface area contributed by atoms with Crippen molar-refractivity contribution >= 4 is 11.6 Å². The zero-order chi connectivity index (χ0) is 19.8. The van der Waals surface area contributed by atoms with Crippen LogP contribution in [0, 0.1) is 0 Å². The average molecular weight is 382 g/mol. The van der Waals surface area contributed by atoms with Gasteiger partial charge in [0, 0.05) is 12.7 Å². The first-order valence-electron chi connectivity index (χ1n) is 9.31. The van der Waals surface area contributed by atoms with E-state index in [1.165, 1.54) is 0 Å². The van der Waals surface area contributed by atoms with Crippen LogP contribution in [0.2, 0.25) is 0 Å². The number of hydrogen-bond acceptors (Lipinski definition) is 5. The molecule has 0 amide bonds. The molecular weight excluding hydrogens is 356 g/mol. The molecule has 0 saturated carbocycles. The molecule has 2 heterocycles. The molecule has 0 aliphatic carbocycles. The van der Waals surface area contributed by atoms with Gasteiger partial charge in [-0.1, -0.05) is 6.07 Å². The van der Waals surface area contributed by atoms with Crippen molar-refractivity contribution in [1.29, 1.82) is 0 Å². The van der Waals surface area contributed by atoms with E-state index in [1.54, 1.807) is 7.11 Å². The van der Waals surface area contributed by atoms with E-state index in [4.69, 9.17) is 9.47 Å². The molecule has 3 aromatic rings. The lowest BCUT2D eigenvalue weighted by molar-refractivity contribution is 0.223. The Morgan fingerprint density at radius 1 is 1.11 bits per heavy atom. The van der Waals surface area contributed by atoms with E-state index < -0.39 is 0 Å². The van der Waals surface area contributed by atoms with Crippen molar-refractivity contribution in [2.24, 2.45) is 4.99 Å². The predicted molar refractivity (Wildman–Crippen MR) is 109 cm³/mol. The number of fused-ring (bicyclic) bond motifs is 1. The number of guanidine groups is 1. The molecule has 0 aliphatic heterocycles. The first kappa shape index (κ1) is 19.5. The van der Waals surface area contributed by atoms with Crippen LogP contribution in [-0.4, -0.2) is 46.9 Å². The van der Waals surface area contributed by atoms with E-state index in [9.17, 15) is 0 Å². The molecule has 0 aliphatic rings. The third-order valence-corrected chi connectivity index (χ3v) is 4.06. The highest BCUT2D eigenvalue weighted by atomic mass is 16.5. The number of pyridine rings is 1. The quantitative estimate of drug-likeness (QED) is 0.459. The van der Waals surface area contributed by atoms with Crippen molar-refractivity contribution in [2.45, 2.75) is 26.5 Å². The predicted octanol–water partition coefficient (Wildman–Crippen LogP) is 2.26. The lowest BCUT2D eigenvalue weighted by atomic mass is 10.3. The Bertz CT molecular complexity index is 906. The van der Waals surface area contributed by atoms with E-state index in [2.05, 4.69) is 25.8 Å². The maximum absolute atomic E-state index is 5.92. The Labute approximate surface area is 164 Å². The van der Waals surface area contributed by atoms with Gasteiger partial charge in [0.15, 0.2) is 17.4 Å². The van der Waals surface area contributed by atoms with Crippen molar-refractivity contribution < 1.29 is 9.47 Å². The molecule has 8 heteroatoms. The largest absolute Gasteiger partial charge is 0.497 e. The second kappa shape index (κ2) is 9.59. The van der Waals surface area contributed by atoms with Gasteiger partial charge in [-0.15, -0.1) is 10.2 Å². The molecule has 8 nitrogen and oxygen atoms in total. The van der Waals surface area contributed by atoms with Crippen LogP contribution in [0.15, 0.2) is 53.7 Å². The molecule has 1 atom stereocenters. The van der Waals surface area contributed by atoms with Gasteiger partial charge in [-0.3, -0.25) is 4.40 Å². The molecular formula is C20H26N6O2. The maximum Gasteiger partial charge on any atom is 0.191 e. The Morgan fingerprint density at radius 3 is 2.64 bits per heavy atom. The Morgan fingerprint density at radius 2 is 1.89 bits per heavy atom. The van der Waals surface area contributed by atoms with Crippen LogP contribution in [-0.2, 0) is 6.54 Å². The number of aliphatic imine (C=N–C) groups is 1. The molecule has 1 aromatic carbocycles. The number of aromatic nitrogens is 3. The minimum Gasteiger partial charge on any atom is -0.497 e. The minimum absolute atomic E-state index is 0.0360. The highest BCUT2D eigenvalue weighted by Crippen LogP contribution is 2.17. The van der Waals surface area contributed by atoms with Crippen LogP contribution in [0.4, 0.5) is 0 Å². The summed E-state index contributed by atoms with van der Waals surface area (Å²) in [5, 5.41) is 14.9. The number of nitrogens with one attached hydrogen (secondary N) is 2. The van der Waals surface area contributed by atoms with Crippen molar-refractivity contribution in [3.8, 4) is 11.5 Å². The van der Waals surface area contributed by atoms with Crippen molar-refractivity contribution in [3.63, 3.8) is 0 Å². The first-order chi connectivity index (χ1) is 13.7. The van der Waals surface area contributed by atoms with Gasteiger partial charge in [-0.2, -0.15) is 0 Å². The lowest BCUT2D eigenvalue weighted by Gasteiger charge is -2.17. The molecule has 148 valence electrons. The number of ether oxygens (including phenoxy) is 2. The molecule has 1 unspecified atom stereocenters. The van der Waals surface area contributed by atoms with E-state index in [0.29, 0.717) is 19.0 Å². The molecule has 3 rings (SSSR count). The fourth-order valence-electron chi connectivity index (χ4n) is 2.66. The summed E-state index contributed by atoms with van der Waals surface area (Å²) < 4.78 is 13.0. The molecule has 0 radical (unpaired) electrons. The van der Waals surface area contributed by atoms with Gasteiger partial charge in [-0.05, 0) is 50.2 Å². The van der Waals surface area contributed by atoms with Gasteiger partial charge in [0.2, 0.25) is 0 Å². The highest BCUT2D eigenvalue weighted by Gasteiger charge is 2.08. The molecule has 0 bridgehead atoms. The fraction of sp³-hybridized carbons (Fsp3) is 0.350. The van der Waals surface area contributed by atoms with Crippen LogP contribution in [0.5, 0.6) is 11.5 Å². The topological polar surface area (TPSA) is 85.1 Å². The summed E-state index contributed by atoms with van der Waals surface area (Å²) in [6.45, 7) is 5.83. The molecule has 2 aromatic heterocycles. The van der Waals surface area contributed by atoms with E-state index in [-0.39, 0.29) is 6.10 Å². The maximum atomic E-state index is 5.92. The summed E-state index contributed by atoms with van der Waals surface area (Å²) in [7, 11) is 1.65. The van der Waals surface area contributed by atoms with Crippen LogP contribution in [0.25, 0.3) is 5.65 Å². The zero-order valence-electron chi connectivity index (χ0n) is 16.4. The van der Waals surface area contributed by atoms with Gasteiger partial charge in [-0.25, -0.2) is 4.99 Å². The van der Waals surface area contributed by atoms with Crippen molar-refractivity contribution in [3.05, 3.63) is 54.5 Å². The van der Waals surface area contributed by atoms with Crippen LogP contribution < -0.4 is 20.1 Å². The van der Waals surface area contributed by atoms with Crippen molar-refractivity contribution in [1.82, 2.24) is 25.2 Å². The third-order valence-electron chi connectivity index (χ3n) is 4.06. The molecule has 28 heavy (non-hydrogen) atoms. The minimum atomic E-state index is -0.0360. The normalized spacial score (nSPS) is 12.6. The summed E-state index contributed by atoms with van der Waals surface area (Å²) in [6, 6.07) is 13.4. The van der Waals surface area contributed by atoms with Gasteiger partial charge in [0.25, 0.3) is 0 Å². The number of rotatable bonds is 8. The van der Waals surface area contributed by atoms with E-state index in [0.717, 1.165) is 29.5 Å². The molecule has 0 fully saturated rings. The monoisotopic (exact) mass is 382 g/mol. The Hall–Kier alpha value is -3.29. The number of methoxy groups -OCH3 is 1. The van der Waals surface area contributed by atoms with E-state index >= 15 is 0 Å². The fourth-order valence-corrected chi connectivity index (χ4v) is 2.66. The second-order valence-electron chi connectivity index (χ2n) is 6.23. The standard InChI is InChI=1S/C20H26N6O2/c1-4-21-20(23-14-19-25-24-18-7-5-6-12-26(18)19)22-13-15(2)28-17-10-8-16(27-3)9-11-17/h5-12,15H,4,13-14H2,1-3H3,(H2,21,22,23). The summed E-state index contributed by atoms with van der Waals surface area (Å²) in [5.74, 6) is 3.10. The first-order valence-corrected chi connectivity index (χ1v) is 9.31. The third kappa shape index (κ3) is 5.12. The van der Waals surface area contributed by atoms with Gasteiger partial charge in [0.1, 0.15) is 24.1 Å². The van der Waals surface area contributed by atoms with Gasteiger partial charge >= 0.3 is 0 Å². The second-order valence-corrected chi connectivity index (χ2v) is 6.23.